The number of hydrogen-bond acceptors (Lipinski definition) is 4. The first-order valence-electron chi connectivity index (χ1n) is 5.90. The number of amides is 1. The first-order chi connectivity index (χ1) is 10.0. The normalized spacial score (nSPS) is 10.0. The van der Waals surface area contributed by atoms with Gasteiger partial charge in [0.1, 0.15) is 0 Å². The number of methoxy groups -OCH3 is 1. The summed E-state index contributed by atoms with van der Waals surface area (Å²) in [5.74, 6) is -0.205. The molecule has 0 atom stereocenters. The summed E-state index contributed by atoms with van der Waals surface area (Å²) in [7, 11) is 1.35. The van der Waals surface area contributed by atoms with E-state index in [1.807, 2.05) is 0 Å². The number of ether oxygens (including phenoxy) is 1. The Labute approximate surface area is 129 Å². The number of nitrogens with one attached hydrogen (secondary N) is 1. The van der Waals surface area contributed by atoms with Crippen molar-refractivity contribution < 1.29 is 14.5 Å². The molecule has 2 rings (SSSR count). The summed E-state index contributed by atoms with van der Waals surface area (Å²) >= 11 is 3.28. The van der Waals surface area contributed by atoms with Crippen molar-refractivity contribution in [3.05, 3.63) is 62.6 Å². The van der Waals surface area contributed by atoms with Crippen molar-refractivity contribution in [2.45, 2.75) is 0 Å². The zero-order valence-corrected chi connectivity index (χ0v) is 12.6. The fourth-order valence-electron chi connectivity index (χ4n) is 1.71. The topological polar surface area (TPSA) is 81.5 Å². The molecule has 0 aliphatic rings. The SMILES string of the molecule is COc1ccc(NC(=O)c2ccc(Br)cc2)cc1[N+](=O)[O-]. The van der Waals surface area contributed by atoms with E-state index in [0.717, 1.165) is 4.47 Å². The molecule has 6 nitrogen and oxygen atoms in total. The maximum Gasteiger partial charge on any atom is 0.312 e. The van der Waals surface area contributed by atoms with Gasteiger partial charge in [-0.05, 0) is 36.4 Å². The molecular weight excluding hydrogens is 340 g/mol. The Hall–Kier alpha value is -2.41. The van der Waals surface area contributed by atoms with Gasteiger partial charge < -0.3 is 10.1 Å². The van der Waals surface area contributed by atoms with Gasteiger partial charge in [0, 0.05) is 21.8 Å². The first kappa shape index (κ1) is 15.0. The van der Waals surface area contributed by atoms with E-state index in [0.29, 0.717) is 11.3 Å². The molecule has 0 radical (unpaired) electrons. The van der Waals surface area contributed by atoms with E-state index in [-0.39, 0.29) is 17.3 Å². The van der Waals surface area contributed by atoms with E-state index in [4.69, 9.17) is 4.74 Å². The number of halogens is 1. The van der Waals surface area contributed by atoms with Crippen molar-refractivity contribution in [1.29, 1.82) is 0 Å². The van der Waals surface area contributed by atoms with Crippen LogP contribution in [0.5, 0.6) is 5.75 Å². The maximum absolute atomic E-state index is 12.0. The largest absolute Gasteiger partial charge is 0.490 e. The third kappa shape index (κ3) is 3.57. The molecule has 1 amide bonds. The lowest BCUT2D eigenvalue weighted by molar-refractivity contribution is -0.385. The third-order valence-corrected chi connectivity index (χ3v) is 3.27. The number of anilines is 1. The summed E-state index contributed by atoms with van der Waals surface area (Å²) in [4.78, 5) is 22.4. The quantitative estimate of drug-likeness (QED) is 0.674. The monoisotopic (exact) mass is 350 g/mol. The minimum absolute atomic E-state index is 0.140. The van der Waals surface area contributed by atoms with Crippen LogP contribution in [0, 0.1) is 10.1 Å². The van der Waals surface area contributed by atoms with Crippen molar-refractivity contribution in [3.63, 3.8) is 0 Å². The Bertz CT molecular complexity index is 686. The Balaban J connectivity index is 2.23. The van der Waals surface area contributed by atoms with E-state index in [1.54, 1.807) is 30.3 Å². The zero-order chi connectivity index (χ0) is 15.4. The van der Waals surface area contributed by atoms with Gasteiger partial charge in [-0.2, -0.15) is 0 Å². The Kier molecular flexibility index (Phi) is 4.54. The lowest BCUT2D eigenvalue weighted by Crippen LogP contribution is -2.11. The van der Waals surface area contributed by atoms with Crippen LogP contribution in [0.1, 0.15) is 10.4 Å². The maximum atomic E-state index is 12.0. The highest BCUT2D eigenvalue weighted by molar-refractivity contribution is 9.10. The van der Waals surface area contributed by atoms with Crippen molar-refractivity contribution in [2.75, 3.05) is 12.4 Å². The van der Waals surface area contributed by atoms with E-state index < -0.39 is 4.92 Å². The summed E-state index contributed by atoms with van der Waals surface area (Å²) in [6.45, 7) is 0. The molecule has 2 aromatic rings. The van der Waals surface area contributed by atoms with Gasteiger partial charge >= 0.3 is 5.69 Å². The van der Waals surface area contributed by atoms with Gasteiger partial charge in [-0.15, -0.1) is 0 Å². The average molecular weight is 351 g/mol. The van der Waals surface area contributed by atoms with Crippen LogP contribution in [0.25, 0.3) is 0 Å². The molecule has 0 bridgehead atoms. The highest BCUT2D eigenvalue weighted by Gasteiger charge is 2.16. The van der Waals surface area contributed by atoms with Crippen LogP contribution < -0.4 is 10.1 Å². The molecule has 1 N–H and O–H groups in total. The fraction of sp³-hybridized carbons (Fsp3) is 0.0714. The summed E-state index contributed by atoms with van der Waals surface area (Å²) in [5, 5.41) is 13.5. The molecule has 21 heavy (non-hydrogen) atoms. The van der Waals surface area contributed by atoms with Gasteiger partial charge in [0.25, 0.3) is 5.91 Å². The molecule has 0 aliphatic heterocycles. The van der Waals surface area contributed by atoms with Crippen molar-refractivity contribution in [2.24, 2.45) is 0 Å². The molecule has 0 aromatic heterocycles. The van der Waals surface area contributed by atoms with Crippen LogP contribution in [-0.2, 0) is 0 Å². The molecule has 7 heteroatoms. The molecule has 0 spiro atoms. The van der Waals surface area contributed by atoms with Crippen LogP contribution >= 0.6 is 15.9 Å². The summed E-state index contributed by atoms with van der Waals surface area (Å²) < 4.78 is 5.77. The number of nitro groups is 1. The minimum atomic E-state index is -0.561. The molecule has 0 heterocycles. The predicted octanol–water partition coefficient (Wildman–Crippen LogP) is 3.62. The summed E-state index contributed by atoms with van der Waals surface area (Å²) in [6, 6.07) is 11.0. The smallest absolute Gasteiger partial charge is 0.312 e. The molecule has 0 saturated heterocycles. The summed E-state index contributed by atoms with van der Waals surface area (Å²) in [5.41, 5.74) is 0.582. The van der Waals surface area contributed by atoms with Gasteiger partial charge in [-0.25, -0.2) is 0 Å². The second-order valence-corrected chi connectivity index (χ2v) is 5.02. The van der Waals surface area contributed by atoms with Crippen molar-refractivity contribution in [1.82, 2.24) is 0 Å². The van der Waals surface area contributed by atoms with Crippen LogP contribution in [0.3, 0.4) is 0 Å². The fourth-order valence-corrected chi connectivity index (χ4v) is 1.98. The molecule has 0 fully saturated rings. The van der Waals surface area contributed by atoms with Crippen molar-refractivity contribution in [3.8, 4) is 5.75 Å². The number of carbonyl (C=O) groups is 1. The van der Waals surface area contributed by atoms with Gasteiger partial charge in [0.15, 0.2) is 5.75 Å². The molecule has 0 saturated carbocycles. The van der Waals surface area contributed by atoms with Gasteiger partial charge in [0.05, 0.1) is 12.0 Å². The highest BCUT2D eigenvalue weighted by atomic mass is 79.9. The Morgan fingerprint density at radius 2 is 1.90 bits per heavy atom. The van der Waals surface area contributed by atoms with Crippen LogP contribution in [-0.4, -0.2) is 17.9 Å². The molecule has 2 aromatic carbocycles. The Morgan fingerprint density at radius 3 is 2.48 bits per heavy atom. The zero-order valence-electron chi connectivity index (χ0n) is 11.0. The minimum Gasteiger partial charge on any atom is -0.490 e. The highest BCUT2D eigenvalue weighted by Crippen LogP contribution is 2.29. The standard InChI is InChI=1S/C14H11BrN2O4/c1-21-13-7-6-11(8-12(13)17(19)20)16-14(18)9-2-4-10(15)5-3-9/h2-8H,1H3,(H,16,18). The lowest BCUT2D eigenvalue weighted by Gasteiger charge is -2.07. The number of nitrogens with zero attached hydrogens (tertiary/aromatic N) is 1. The number of hydrogen-bond donors (Lipinski definition) is 1. The number of nitro benzene ring substituents is 1. The van der Waals surface area contributed by atoms with Crippen LogP contribution in [0.4, 0.5) is 11.4 Å². The summed E-state index contributed by atoms with van der Waals surface area (Å²) in [6.07, 6.45) is 0. The molecular formula is C14H11BrN2O4. The first-order valence-corrected chi connectivity index (χ1v) is 6.70. The molecule has 108 valence electrons. The van der Waals surface area contributed by atoms with Crippen molar-refractivity contribution >= 4 is 33.2 Å². The van der Waals surface area contributed by atoms with Crippen LogP contribution in [0.2, 0.25) is 0 Å². The second kappa shape index (κ2) is 6.36. The lowest BCUT2D eigenvalue weighted by atomic mass is 10.2. The number of rotatable bonds is 4. The second-order valence-electron chi connectivity index (χ2n) is 4.10. The van der Waals surface area contributed by atoms with Gasteiger partial charge in [-0.3, -0.25) is 14.9 Å². The predicted molar refractivity (Wildman–Crippen MR) is 81.7 cm³/mol. The average Bonchev–Trinajstić information content (AvgIpc) is 2.47. The van der Waals surface area contributed by atoms with Gasteiger partial charge in [-0.1, -0.05) is 15.9 Å². The third-order valence-electron chi connectivity index (χ3n) is 2.74. The van der Waals surface area contributed by atoms with E-state index in [1.165, 1.54) is 19.2 Å². The van der Waals surface area contributed by atoms with Crippen LogP contribution in [0.15, 0.2) is 46.9 Å². The van der Waals surface area contributed by atoms with E-state index in [2.05, 4.69) is 21.2 Å². The van der Waals surface area contributed by atoms with E-state index >= 15 is 0 Å². The number of benzene rings is 2. The molecule has 0 aliphatic carbocycles. The van der Waals surface area contributed by atoms with E-state index in [9.17, 15) is 14.9 Å². The Morgan fingerprint density at radius 1 is 1.24 bits per heavy atom. The van der Waals surface area contributed by atoms with Gasteiger partial charge in [0.2, 0.25) is 0 Å². The molecule has 0 unspecified atom stereocenters. The number of carbonyl (C=O) groups excluding carboxylic acids is 1.